The predicted molar refractivity (Wildman–Crippen MR) is 92.2 cm³/mol. The summed E-state index contributed by atoms with van der Waals surface area (Å²) >= 11 is 0. The SMILES string of the molecule is COc1ccc(N2CCC[C@@H](C(=O)NCCCOC(C)C)C2)nn1. The molecule has 1 saturated heterocycles. The molecule has 0 unspecified atom stereocenters. The largest absolute Gasteiger partial charge is 0.480 e. The fourth-order valence-electron chi connectivity index (χ4n) is 2.74. The number of ether oxygens (including phenoxy) is 2. The van der Waals surface area contributed by atoms with Gasteiger partial charge in [-0.05, 0) is 39.2 Å². The van der Waals surface area contributed by atoms with E-state index in [0.717, 1.165) is 31.6 Å². The summed E-state index contributed by atoms with van der Waals surface area (Å²) in [7, 11) is 1.57. The van der Waals surface area contributed by atoms with E-state index in [1.165, 1.54) is 0 Å². The quantitative estimate of drug-likeness (QED) is 0.727. The maximum Gasteiger partial charge on any atom is 0.233 e. The molecular weight excluding hydrogens is 308 g/mol. The maximum atomic E-state index is 12.3. The van der Waals surface area contributed by atoms with Crippen molar-refractivity contribution >= 4 is 11.7 Å². The first-order valence-corrected chi connectivity index (χ1v) is 8.62. The minimum Gasteiger partial charge on any atom is -0.480 e. The van der Waals surface area contributed by atoms with Crippen LogP contribution < -0.4 is 15.0 Å². The lowest BCUT2D eigenvalue weighted by molar-refractivity contribution is -0.125. The van der Waals surface area contributed by atoms with Crippen LogP contribution in [-0.4, -0.2) is 55.6 Å². The van der Waals surface area contributed by atoms with Gasteiger partial charge in [0.2, 0.25) is 11.8 Å². The van der Waals surface area contributed by atoms with Crippen molar-refractivity contribution in [3.63, 3.8) is 0 Å². The number of carbonyl (C=O) groups is 1. The van der Waals surface area contributed by atoms with Crippen LogP contribution in [0, 0.1) is 5.92 Å². The lowest BCUT2D eigenvalue weighted by Gasteiger charge is -2.32. The van der Waals surface area contributed by atoms with Crippen molar-refractivity contribution in [2.45, 2.75) is 39.2 Å². The third-order valence-electron chi connectivity index (χ3n) is 4.02. The molecule has 1 atom stereocenters. The van der Waals surface area contributed by atoms with Crippen LogP contribution in [0.2, 0.25) is 0 Å². The van der Waals surface area contributed by atoms with Crippen LogP contribution in [0.25, 0.3) is 0 Å². The summed E-state index contributed by atoms with van der Waals surface area (Å²) in [5, 5.41) is 11.2. The van der Waals surface area contributed by atoms with Gasteiger partial charge in [0.1, 0.15) is 0 Å². The summed E-state index contributed by atoms with van der Waals surface area (Å²) in [5.41, 5.74) is 0. The van der Waals surface area contributed by atoms with Gasteiger partial charge in [-0.25, -0.2) is 0 Å². The molecule has 0 aliphatic carbocycles. The molecule has 2 heterocycles. The number of nitrogens with one attached hydrogen (secondary N) is 1. The number of piperidine rings is 1. The zero-order chi connectivity index (χ0) is 17.4. The molecule has 1 aliphatic heterocycles. The minimum absolute atomic E-state index is 0.00586. The Morgan fingerprint density at radius 2 is 2.25 bits per heavy atom. The normalized spacial score (nSPS) is 17.8. The Kier molecular flexibility index (Phi) is 7.24. The molecule has 1 aromatic rings. The zero-order valence-corrected chi connectivity index (χ0v) is 14.8. The second-order valence-corrected chi connectivity index (χ2v) is 6.28. The average molecular weight is 336 g/mol. The molecule has 1 amide bonds. The molecule has 2 rings (SSSR count). The van der Waals surface area contributed by atoms with Gasteiger partial charge in [0.15, 0.2) is 5.82 Å². The second-order valence-electron chi connectivity index (χ2n) is 6.28. The van der Waals surface area contributed by atoms with Crippen LogP contribution in [0.15, 0.2) is 12.1 Å². The summed E-state index contributed by atoms with van der Waals surface area (Å²) < 4.78 is 10.5. The number of amides is 1. The van der Waals surface area contributed by atoms with Gasteiger partial charge in [-0.2, -0.15) is 0 Å². The van der Waals surface area contributed by atoms with E-state index >= 15 is 0 Å². The number of nitrogens with zero attached hydrogens (tertiary/aromatic N) is 3. The third-order valence-corrected chi connectivity index (χ3v) is 4.02. The molecule has 1 N–H and O–H groups in total. The molecule has 7 heteroatoms. The molecule has 0 radical (unpaired) electrons. The number of rotatable bonds is 8. The predicted octanol–water partition coefficient (Wildman–Crippen LogP) is 1.63. The Morgan fingerprint density at radius 3 is 2.92 bits per heavy atom. The molecule has 0 spiro atoms. The van der Waals surface area contributed by atoms with E-state index in [2.05, 4.69) is 20.4 Å². The van der Waals surface area contributed by atoms with E-state index in [9.17, 15) is 4.79 Å². The smallest absolute Gasteiger partial charge is 0.233 e. The Labute approximate surface area is 143 Å². The second kappa shape index (κ2) is 9.42. The number of hydrogen-bond donors (Lipinski definition) is 1. The highest BCUT2D eigenvalue weighted by atomic mass is 16.5. The standard InChI is InChI=1S/C17H28N4O3/c1-13(2)24-11-5-9-18-17(22)14-6-4-10-21(12-14)15-7-8-16(23-3)20-19-15/h7-8,13-14H,4-6,9-12H2,1-3H3,(H,18,22)/t14-/m1/s1. The number of aromatic nitrogens is 2. The van der Waals surface area contributed by atoms with Gasteiger partial charge < -0.3 is 19.7 Å². The summed E-state index contributed by atoms with van der Waals surface area (Å²) in [6.45, 7) is 6.93. The molecule has 134 valence electrons. The first kappa shape index (κ1) is 18.4. The third kappa shape index (κ3) is 5.63. The molecular formula is C17H28N4O3. The van der Waals surface area contributed by atoms with Crippen molar-refractivity contribution in [2.75, 3.05) is 38.3 Å². The Balaban J connectivity index is 1.78. The zero-order valence-electron chi connectivity index (χ0n) is 14.8. The van der Waals surface area contributed by atoms with Gasteiger partial charge in [0, 0.05) is 32.3 Å². The minimum atomic E-state index is -0.00586. The molecule has 0 bridgehead atoms. The lowest BCUT2D eigenvalue weighted by Crippen LogP contribution is -2.43. The van der Waals surface area contributed by atoms with Crippen LogP contribution in [0.3, 0.4) is 0 Å². The molecule has 1 fully saturated rings. The van der Waals surface area contributed by atoms with E-state index in [0.29, 0.717) is 25.6 Å². The van der Waals surface area contributed by atoms with Crippen LogP contribution in [0.5, 0.6) is 5.88 Å². The number of anilines is 1. The van der Waals surface area contributed by atoms with Crippen molar-refractivity contribution in [3.05, 3.63) is 12.1 Å². The monoisotopic (exact) mass is 336 g/mol. The fraction of sp³-hybridized carbons (Fsp3) is 0.706. The summed E-state index contributed by atoms with van der Waals surface area (Å²) in [6, 6.07) is 3.68. The van der Waals surface area contributed by atoms with Crippen molar-refractivity contribution in [1.29, 1.82) is 0 Å². The van der Waals surface area contributed by atoms with E-state index in [4.69, 9.17) is 9.47 Å². The highest BCUT2D eigenvalue weighted by Gasteiger charge is 2.26. The van der Waals surface area contributed by atoms with Crippen LogP contribution in [-0.2, 0) is 9.53 Å². The van der Waals surface area contributed by atoms with Crippen molar-refractivity contribution in [1.82, 2.24) is 15.5 Å². The Hall–Kier alpha value is -1.89. The fourth-order valence-corrected chi connectivity index (χ4v) is 2.74. The molecule has 0 aromatic carbocycles. The average Bonchev–Trinajstić information content (AvgIpc) is 2.61. The Bertz CT molecular complexity index is 507. The first-order chi connectivity index (χ1) is 11.6. The van der Waals surface area contributed by atoms with E-state index in [1.54, 1.807) is 13.2 Å². The summed E-state index contributed by atoms with van der Waals surface area (Å²) in [4.78, 5) is 14.5. The van der Waals surface area contributed by atoms with Crippen LogP contribution in [0.4, 0.5) is 5.82 Å². The molecule has 0 saturated carbocycles. The van der Waals surface area contributed by atoms with E-state index in [1.807, 2.05) is 19.9 Å². The molecule has 1 aromatic heterocycles. The van der Waals surface area contributed by atoms with Gasteiger partial charge in [-0.3, -0.25) is 4.79 Å². The maximum absolute atomic E-state index is 12.3. The number of carbonyl (C=O) groups excluding carboxylic acids is 1. The molecule has 1 aliphatic rings. The van der Waals surface area contributed by atoms with Gasteiger partial charge in [-0.1, -0.05) is 0 Å². The topological polar surface area (TPSA) is 76.6 Å². The van der Waals surface area contributed by atoms with Crippen LogP contribution >= 0.6 is 0 Å². The van der Waals surface area contributed by atoms with Crippen molar-refractivity contribution < 1.29 is 14.3 Å². The molecule has 24 heavy (non-hydrogen) atoms. The Morgan fingerprint density at radius 1 is 1.42 bits per heavy atom. The van der Waals surface area contributed by atoms with Gasteiger partial charge >= 0.3 is 0 Å². The van der Waals surface area contributed by atoms with Gasteiger partial charge in [-0.15, -0.1) is 10.2 Å². The molecule has 7 nitrogen and oxygen atoms in total. The lowest BCUT2D eigenvalue weighted by atomic mass is 9.97. The summed E-state index contributed by atoms with van der Waals surface area (Å²) in [5.74, 6) is 1.40. The first-order valence-electron chi connectivity index (χ1n) is 8.62. The number of hydrogen-bond acceptors (Lipinski definition) is 6. The highest BCUT2D eigenvalue weighted by molar-refractivity contribution is 5.79. The van der Waals surface area contributed by atoms with Crippen molar-refractivity contribution in [2.24, 2.45) is 5.92 Å². The van der Waals surface area contributed by atoms with E-state index in [-0.39, 0.29) is 17.9 Å². The summed E-state index contributed by atoms with van der Waals surface area (Å²) in [6.07, 6.45) is 2.96. The van der Waals surface area contributed by atoms with Crippen molar-refractivity contribution in [3.8, 4) is 5.88 Å². The number of methoxy groups -OCH3 is 1. The van der Waals surface area contributed by atoms with E-state index < -0.39 is 0 Å². The van der Waals surface area contributed by atoms with Crippen LogP contribution in [0.1, 0.15) is 33.1 Å². The highest BCUT2D eigenvalue weighted by Crippen LogP contribution is 2.22. The van der Waals surface area contributed by atoms with Gasteiger partial charge in [0.05, 0.1) is 19.1 Å². The van der Waals surface area contributed by atoms with Gasteiger partial charge in [0.25, 0.3) is 0 Å².